The van der Waals surface area contributed by atoms with Crippen LogP contribution in [0.1, 0.15) is 31.2 Å². The van der Waals surface area contributed by atoms with Crippen molar-refractivity contribution in [1.82, 2.24) is 19.8 Å². The molecule has 1 aliphatic rings. The summed E-state index contributed by atoms with van der Waals surface area (Å²) in [6.45, 7) is 6.84. The lowest BCUT2D eigenvalue weighted by atomic mass is 9.95. The van der Waals surface area contributed by atoms with Crippen LogP contribution < -0.4 is 5.32 Å². The molecule has 0 unspecified atom stereocenters. The molecule has 154 valence electrons. The Hall–Kier alpha value is -2.89. The standard InChI is InChI=1S/C23H30N4O2/c1-18(17-27-15-12-24-19(27)2)16-25-23(29)21-10-13-26(14-11-21)22(28)9-8-20-6-4-3-5-7-20/h3-9,12,15,18,21H,10-11,13-14,16-17H2,1-2H3,(H,25,29)/b9-8-/t18-/m0/s1. The van der Waals surface area contributed by atoms with Crippen molar-refractivity contribution in [2.45, 2.75) is 33.2 Å². The fraction of sp³-hybridized carbons (Fsp3) is 0.435. The summed E-state index contributed by atoms with van der Waals surface area (Å²) in [6, 6.07) is 9.79. The second-order valence-corrected chi connectivity index (χ2v) is 7.82. The molecule has 1 atom stereocenters. The van der Waals surface area contributed by atoms with E-state index in [1.54, 1.807) is 12.3 Å². The molecule has 0 bridgehead atoms. The largest absolute Gasteiger partial charge is 0.356 e. The molecule has 0 saturated carbocycles. The van der Waals surface area contributed by atoms with Gasteiger partial charge in [-0.25, -0.2) is 4.98 Å². The van der Waals surface area contributed by atoms with Gasteiger partial charge in [0.1, 0.15) is 5.82 Å². The summed E-state index contributed by atoms with van der Waals surface area (Å²) >= 11 is 0. The minimum absolute atomic E-state index is 0.0111. The molecule has 0 radical (unpaired) electrons. The zero-order valence-electron chi connectivity index (χ0n) is 17.3. The van der Waals surface area contributed by atoms with E-state index in [0.29, 0.717) is 38.4 Å². The lowest BCUT2D eigenvalue weighted by Crippen LogP contribution is -2.43. The maximum absolute atomic E-state index is 12.5. The molecule has 2 heterocycles. The third-order valence-electron chi connectivity index (χ3n) is 5.45. The van der Waals surface area contributed by atoms with Crippen LogP contribution in [-0.2, 0) is 16.1 Å². The Morgan fingerprint density at radius 3 is 2.62 bits per heavy atom. The first-order chi connectivity index (χ1) is 14.0. The van der Waals surface area contributed by atoms with Crippen molar-refractivity contribution in [2.24, 2.45) is 11.8 Å². The number of hydrogen-bond acceptors (Lipinski definition) is 3. The van der Waals surface area contributed by atoms with E-state index in [-0.39, 0.29) is 17.7 Å². The molecule has 1 aliphatic heterocycles. The highest BCUT2D eigenvalue weighted by molar-refractivity contribution is 5.92. The molecular formula is C23H30N4O2. The van der Waals surface area contributed by atoms with Crippen LogP contribution in [0.3, 0.4) is 0 Å². The summed E-state index contributed by atoms with van der Waals surface area (Å²) in [5.74, 6) is 1.42. The van der Waals surface area contributed by atoms with Crippen LogP contribution in [0.4, 0.5) is 0 Å². The number of likely N-dealkylation sites (tertiary alicyclic amines) is 1. The summed E-state index contributed by atoms with van der Waals surface area (Å²) in [7, 11) is 0. The topological polar surface area (TPSA) is 67.2 Å². The van der Waals surface area contributed by atoms with E-state index in [0.717, 1.165) is 17.9 Å². The van der Waals surface area contributed by atoms with Crippen molar-refractivity contribution in [3.05, 3.63) is 60.2 Å². The Kier molecular flexibility index (Phi) is 7.22. The van der Waals surface area contributed by atoms with E-state index in [1.165, 1.54) is 0 Å². The number of aromatic nitrogens is 2. The van der Waals surface area contributed by atoms with Crippen molar-refractivity contribution in [2.75, 3.05) is 19.6 Å². The van der Waals surface area contributed by atoms with Crippen LogP contribution >= 0.6 is 0 Å². The van der Waals surface area contributed by atoms with Gasteiger partial charge in [-0.1, -0.05) is 37.3 Å². The zero-order chi connectivity index (χ0) is 20.6. The first kappa shape index (κ1) is 20.8. The van der Waals surface area contributed by atoms with Gasteiger partial charge in [-0.15, -0.1) is 0 Å². The Bertz CT molecular complexity index is 836. The van der Waals surface area contributed by atoms with Gasteiger partial charge in [0.25, 0.3) is 0 Å². The number of carbonyl (C=O) groups is 2. The lowest BCUT2D eigenvalue weighted by Gasteiger charge is -2.31. The first-order valence-electron chi connectivity index (χ1n) is 10.3. The summed E-state index contributed by atoms with van der Waals surface area (Å²) in [6.07, 6.45) is 8.65. The van der Waals surface area contributed by atoms with Crippen LogP contribution in [-0.4, -0.2) is 45.9 Å². The van der Waals surface area contributed by atoms with Gasteiger partial charge in [-0.2, -0.15) is 0 Å². The van der Waals surface area contributed by atoms with Crippen molar-refractivity contribution in [3.63, 3.8) is 0 Å². The number of rotatable bonds is 7. The smallest absolute Gasteiger partial charge is 0.246 e. The fourth-order valence-electron chi connectivity index (χ4n) is 3.62. The Labute approximate surface area is 172 Å². The third-order valence-corrected chi connectivity index (χ3v) is 5.45. The molecule has 1 N–H and O–H groups in total. The van der Waals surface area contributed by atoms with Gasteiger partial charge in [-0.05, 0) is 37.3 Å². The maximum Gasteiger partial charge on any atom is 0.246 e. The average molecular weight is 395 g/mol. The van der Waals surface area contributed by atoms with E-state index < -0.39 is 0 Å². The molecule has 0 spiro atoms. The SMILES string of the molecule is Cc1nccn1C[C@@H](C)CNC(=O)C1CCN(C(=O)/C=C\c2ccccc2)CC1. The number of benzene rings is 1. The minimum Gasteiger partial charge on any atom is -0.356 e. The van der Waals surface area contributed by atoms with Gasteiger partial charge >= 0.3 is 0 Å². The lowest BCUT2D eigenvalue weighted by molar-refractivity contribution is -0.132. The van der Waals surface area contributed by atoms with E-state index in [1.807, 2.05) is 54.4 Å². The summed E-state index contributed by atoms with van der Waals surface area (Å²) in [4.78, 5) is 30.9. The molecule has 1 fully saturated rings. The van der Waals surface area contributed by atoms with E-state index in [4.69, 9.17) is 0 Å². The van der Waals surface area contributed by atoms with Crippen molar-refractivity contribution < 1.29 is 9.59 Å². The molecule has 29 heavy (non-hydrogen) atoms. The van der Waals surface area contributed by atoms with Crippen molar-refractivity contribution in [1.29, 1.82) is 0 Å². The van der Waals surface area contributed by atoms with Crippen LogP contribution in [0.2, 0.25) is 0 Å². The quantitative estimate of drug-likeness (QED) is 0.735. The van der Waals surface area contributed by atoms with Gasteiger partial charge in [0, 0.05) is 50.6 Å². The fourth-order valence-corrected chi connectivity index (χ4v) is 3.62. The summed E-state index contributed by atoms with van der Waals surface area (Å²) < 4.78 is 2.10. The monoisotopic (exact) mass is 394 g/mol. The number of aryl methyl sites for hydroxylation is 1. The molecule has 1 aromatic heterocycles. The Morgan fingerprint density at radius 1 is 1.24 bits per heavy atom. The molecule has 1 aromatic carbocycles. The minimum atomic E-state index is -0.0145. The van der Waals surface area contributed by atoms with Gasteiger partial charge in [0.2, 0.25) is 11.8 Å². The number of nitrogens with one attached hydrogen (secondary N) is 1. The van der Waals surface area contributed by atoms with Crippen molar-refractivity contribution in [3.8, 4) is 0 Å². The molecule has 0 aliphatic carbocycles. The molecule has 2 amide bonds. The van der Waals surface area contributed by atoms with E-state index in [2.05, 4.69) is 21.8 Å². The van der Waals surface area contributed by atoms with Crippen LogP contribution in [0, 0.1) is 18.8 Å². The van der Waals surface area contributed by atoms with E-state index in [9.17, 15) is 9.59 Å². The Balaban J connectivity index is 1.39. The average Bonchev–Trinajstić information content (AvgIpc) is 3.15. The maximum atomic E-state index is 12.5. The van der Waals surface area contributed by atoms with Crippen LogP contribution in [0.5, 0.6) is 0 Å². The van der Waals surface area contributed by atoms with Crippen LogP contribution in [0.25, 0.3) is 6.08 Å². The molecule has 1 saturated heterocycles. The summed E-state index contributed by atoms with van der Waals surface area (Å²) in [5, 5.41) is 3.08. The molecule has 6 nitrogen and oxygen atoms in total. The predicted molar refractivity (Wildman–Crippen MR) is 114 cm³/mol. The molecule has 6 heteroatoms. The second kappa shape index (κ2) is 10.0. The van der Waals surface area contributed by atoms with Gasteiger partial charge in [0.15, 0.2) is 0 Å². The zero-order valence-corrected chi connectivity index (χ0v) is 17.3. The summed E-state index contributed by atoms with van der Waals surface area (Å²) in [5.41, 5.74) is 1.01. The highest BCUT2D eigenvalue weighted by atomic mass is 16.2. The number of piperidine rings is 1. The van der Waals surface area contributed by atoms with Gasteiger partial charge in [0.05, 0.1) is 0 Å². The van der Waals surface area contributed by atoms with Gasteiger partial charge < -0.3 is 14.8 Å². The predicted octanol–water partition coefficient (Wildman–Crippen LogP) is 2.90. The highest BCUT2D eigenvalue weighted by Crippen LogP contribution is 2.18. The third kappa shape index (κ3) is 6.04. The van der Waals surface area contributed by atoms with Gasteiger partial charge in [-0.3, -0.25) is 9.59 Å². The second-order valence-electron chi connectivity index (χ2n) is 7.82. The van der Waals surface area contributed by atoms with Crippen LogP contribution in [0.15, 0.2) is 48.8 Å². The molecule has 3 rings (SSSR count). The number of imidazole rings is 1. The van der Waals surface area contributed by atoms with E-state index >= 15 is 0 Å². The highest BCUT2D eigenvalue weighted by Gasteiger charge is 2.26. The normalized spacial score (nSPS) is 16.1. The molecular weight excluding hydrogens is 364 g/mol. The first-order valence-corrected chi connectivity index (χ1v) is 10.3. The van der Waals surface area contributed by atoms with Crippen molar-refractivity contribution >= 4 is 17.9 Å². The number of amides is 2. The Morgan fingerprint density at radius 2 is 1.97 bits per heavy atom. The molecule has 2 aromatic rings. The number of hydrogen-bond donors (Lipinski definition) is 1. The number of nitrogens with zero attached hydrogens (tertiary/aromatic N) is 3. The number of carbonyl (C=O) groups excluding carboxylic acids is 2.